The first-order valence-electron chi connectivity index (χ1n) is 7.44. The van der Waals surface area contributed by atoms with Crippen LogP contribution in [0.25, 0.3) is 0 Å². The van der Waals surface area contributed by atoms with Gasteiger partial charge in [0.2, 0.25) is 5.91 Å². The van der Waals surface area contributed by atoms with E-state index in [1.54, 1.807) is 12.3 Å². The number of rotatable bonds is 8. The number of anilines is 1. The van der Waals surface area contributed by atoms with Crippen LogP contribution in [0.4, 0.5) is 5.13 Å². The highest BCUT2D eigenvalue weighted by atomic mass is 32.2. The first kappa shape index (κ1) is 18.4. The quantitative estimate of drug-likeness (QED) is 0.558. The molecule has 0 aliphatic rings. The van der Waals surface area contributed by atoms with E-state index >= 15 is 0 Å². The molecule has 0 aliphatic heterocycles. The fourth-order valence-corrected chi connectivity index (χ4v) is 3.33. The zero-order valence-electron chi connectivity index (χ0n) is 13.7. The van der Waals surface area contributed by atoms with Gasteiger partial charge in [0.15, 0.2) is 10.3 Å². The number of aromatic nitrogens is 4. The van der Waals surface area contributed by atoms with Crippen molar-refractivity contribution < 1.29 is 14.3 Å². The van der Waals surface area contributed by atoms with Gasteiger partial charge in [-0.25, -0.2) is 4.98 Å². The monoisotopic (exact) mass is 369 g/mol. The van der Waals surface area contributed by atoms with Gasteiger partial charge in [0.05, 0.1) is 24.5 Å². The number of amides is 1. The number of hydrogen-bond donors (Lipinski definition) is 1. The van der Waals surface area contributed by atoms with Crippen LogP contribution in [0.1, 0.15) is 25.4 Å². The minimum Gasteiger partial charge on any atom is -0.466 e. The van der Waals surface area contributed by atoms with Crippen molar-refractivity contribution in [1.29, 1.82) is 0 Å². The van der Waals surface area contributed by atoms with Gasteiger partial charge in [-0.3, -0.25) is 9.59 Å². The molecule has 1 amide bonds. The minimum atomic E-state index is -0.328. The highest BCUT2D eigenvalue weighted by Crippen LogP contribution is 2.19. The number of aryl methyl sites for hydroxylation is 1. The molecule has 2 aromatic heterocycles. The molecule has 0 aromatic carbocycles. The van der Waals surface area contributed by atoms with E-state index in [0.29, 0.717) is 22.6 Å². The summed E-state index contributed by atoms with van der Waals surface area (Å²) in [6.45, 7) is 4.09. The summed E-state index contributed by atoms with van der Waals surface area (Å²) in [4.78, 5) is 27.6. The van der Waals surface area contributed by atoms with E-state index in [0.717, 1.165) is 12.2 Å². The third-order valence-corrected chi connectivity index (χ3v) is 4.83. The molecule has 0 bridgehead atoms. The highest BCUT2D eigenvalue weighted by Gasteiger charge is 2.13. The number of carbonyl (C=O) groups excluding carboxylic acids is 2. The summed E-state index contributed by atoms with van der Waals surface area (Å²) in [6.07, 6.45) is 0.895. The second kappa shape index (κ2) is 8.78. The maximum absolute atomic E-state index is 12.0. The lowest BCUT2D eigenvalue weighted by atomic mass is 10.3. The molecule has 0 fully saturated rings. The smallest absolute Gasteiger partial charge is 0.311 e. The summed E-state index contributed by atoms with van der Waals surface area (Å²) in [5, 5.41) is 13.7. The fraction of sp³-hybridized carbons (Fsp3) is 0.500. The normalized spacial score (nSPS) is 10.6. The molecule has 0 unspecified atom stereocenters. The van der Waals surface area contributed by atoms with Gasteiger partial charge in [-0.15, -0.1) is 21.5 Å². The molecule has 10 heteroatoms. The number of nitrogens with one attached hydrogen (secondary N) is 1. The SMILES string of the molecule is CCOC(=O)Cc1csc(NC(=O)CSc2nnc(CC)n2C)n1. The summed E-state index contributed by atoms with van der Waals surface area (Å²) in [7, 11) is 1.88. The molecule has 24 heavy (non-hydrogen) atoms. The van der Waals surface area contributed by atoms with Crippen molar-refractivity contribution in [1.82, 2.24) is 19.7 Å². The first-order chi connectivity index (χ1) is 11.5. The summed E-state index contributed by atoms with van der Waals surface area (Å²) in [5.74, 6) is 0.576. The van der Waals surface area contributed by atoms with Crippen LogP contribution in [0, 0.1) is 0 Å². The zero-order chi connectivity index (χ0) is 17.5. The maximum atomic E-state index is 12.0. The van der Waals surface area contributed by atoms with Gasteiger partial charge in [0.25, 0.3) is 0 Å². The molecule has 0 aliphatic carbocycles. The Morgan fingerprint density at radius 2 is 2.17 bits per heavy atom. The predicted molar refractivity (Wildman–Crippen MR) is 92.2 cm³/mol. The number of nitrogens with zero attached hydrogens (tertiary/aromatic N) is 4. The van der Waals surface area contributed by atoms with E-state index in [-0.39, 0.29) is 24.1 Å². The van der Waals surface area contributed by atoms with E-state index in [9.17, 15) is 9.59 Å². The average Bonchev–Trinajstić information content (AvgIpc) is 3.12. The summed E-state index contributed by atoms with van der Waals surface area (Å²) >= 11 is 2.59. The minimum absolute atomic E-state index is 0.105. The van der Waals surface area contributed by atoms with E-state index in [1.807, 2.05) is 18.5 Å². The summed E-state index contributed by atoms with van der Waals surface area (Å²) in [5.41, 5.74) is 0.585. The van der Waals surface area contributed by atoms with Crippen molar-refractivity contribution in [3.05, 3.63) is 16.9 Å². The number of ether oxygens (including phenoxy) is 1. The molecule has 2 heterocycles. The van der Waals surface area contributed by atoms with Crippen LogP contribution in [0.2, 0.25) is 0 Å². The van der Waals surface area contributed by atoms with E-state index in [4.69, 9.17) is 4.74 Å². The molecular formula is C14H19N5O3S2. The molecule has 0 radical (unpaired) electrons. The van der Waals surface area contributed by atoms with Crippen LogP contribution in [0.3, 0.4) is 0 Å². The fourth-order valence-electron chi connectivity index (χ4n) is 1.87. The second-order valence-corrected chi connectivity index (χ2v) is 6.57. The molecule has 0 atom stereocenters. The molecule has 1 N–H and O–H groups in total. The van der Waals surface area contributed by atoms with Crippen molar-refractivity contribution in [2.45, 2.75) is 31.8 Å². The maximum Gasteiger partial charge on any atom is 0.311 e. The van der Waals surface area contributed by atoms with Crippen LogP contribution in [0.15, 0.2) is 10.5 Å². The molecular weight excluding hydrogens is 350 g/mol. The van der Waals surface area contributed by atoms with Gasteiger partial charge in [0.1, 0.15) is 5.82 Å². The van der Waals surface area contributed by atoms with Crippen LogP contribution < -0.4 is 5.32 Å². The third kappa shape index (κ3) is 5.03. The van der Waals surface area contributed by atoms with Gasteiger partial charge in [-0.2, -0.15) is 0 Å². The van der Waals surface area contributed by atoms with Gasteiger partial charge < -0.3 is 14.6 Å². The Morgan fingerprint density at radius 1 is 1.38 bits per heavy atom. The highest BCUT2D eigenvalue weighted by molar-refractivity contribution is 7.99. The molecule has 0 saturated carbocycles. The van der Waals surface area contributed by atoms with Crippen molar-refractivity contribution in [2.24, 2.45) is 7.05 Å². The Hall–Kier alpha value is -1.94. The largest absolute Gasteiger partial charge is 0.466 e. The van der Waals surface area contributed by atoms with E-state index in [2.05, 4.69) is 20.5 Å². The molecule has 0 spiro atoms. The Balaban J connectivity index is 1.83. The lowest BCUT2D eigenvalue weighted by Crippen LogP contribution is -2.14. The lowest BCUT2D eigenvalue weighted by Gasteiger charge is -2.02. The third-order valence-electron chi connectivity index (χ3n) is 3.00. The van der Waals surface area contributed by atoms with Gasteiger partial charge in [-0.05, 0) is 6.92 Å². The Morgan fingerprint density at radius 3 is 2.83 bits per heavy atom. The van der Waals surface area contributed by atoms with Crippen LogP contribution in [0.5, 0.6) is 0 Å². The van der Waals surface area contributed by atoms with Crippen molar-refractivity contribution in [3.63, 3.8) is 0 Å². The summed E-state index contributed by atoms with van der Waals surface area (Å²) in [6, 6.07) is 0. The molecule has 2 rings (SSSR count). The standard InChI is InChI=1S/C14H19N5O3S2/c1-4-10-17-18-14(19(10)3)24-8-11(20)16-13-15-9(7-23-13)6-12(21)22-5-2/h7H,4-6,8H2,1-3H3,(H,15,16,20). The van der Waals surface area contributed by atoms with Crippen LogP contribution >= 0.6 is 23.1 Å². The number of hydrogen-bond acceptors (Lipinski definition) is 8. The Labute approximate surface area is 148 Å². The van der Waals surface area contributed by atoms with Crippen molar-refractivity contribution in [2.75, 3.05) is 17.7 Å². The number of esters is 1. The molecule has 2 aromatic rings. The van der Waals surface area contributed by atoms with E-state index < -0.39 is 0 Å². The number of carbonyl (C=O) groups is 2. The zero-order valence-corrected chi connectivity index (χ0v) is 15.4. The number of thioether (sulfide) groups is 1. The predicted octanol–water partition coefficient (Wildman–Crippen LogP) is 1.67. The van der Waals surface area contributed by atoms with Gasteiger partial charge >= 0.3 is 5.97 Å². The average molecular weight is 369 g/mol. The number of thiazole rings is 1. The Bertz CT molecular complexity index is 713. The summed E-state index contributed by atoms with van der Waals surface area (Å²) < 4.78 is 6.74. The topological polar surface area (TPSA) is 99.0 Å². The molecule has 130 valence electrons. The van der Waals surface area contributed by atoms with Gasteiger partial charge in [0, 0.05) is 18.8 Å². The lowest BCUT2D eigenvalue weighted by molar-refractivity contribution is -0.142. The van der Waals surface area contributed by atoms with Crippen molar-refractivity contribution in [3.8, 4) is 0 Å². The van der Waals surface area contributed by atoms with E-state index in [1.165, 1.54) is 23.1 Å². The van der Waals surface area contributed by atoms with Crippen LogP contribution in [-0.4, -0.2) is 44.0 Å². The van der Waals surface area contributed by atoms with Gasteiger partial charge in [-0.1, -0.05) is 18.7 Å². The molecule has 8 nitrogen and oxygen atoms in total. The first-order valence-corrected chi connectivity index (χ1v) is 9.30. The van der Waals surface area contributed by atoms with Crippen LogP contribution in [-0.2, 0) is 34.2 Å². The second-order valence-electron chi connectivity index (χ2n) is 4.77. The van der Waals surface area contributed by atoms with Crippen molar-refractivity contribution >= 4 is 40.1 Å². The molecule has 0 saturated heterocycles. The Kier molecular flexibility index (Phi) is 6.73.